The second-order valence-corrected chi connectivity index (χ2v) is 5.50. The van der Waals surface area contributed by atoms with Gasteiger partial charge in [-0.25, -0.2) is 14.2 Å². The smallest absolute Gasteiger partial charge is 0.338 e. The van der Waals surface area contributed by atoms with Crippen molar-refractivity contribution >= 4 is 11.8 Å². The summed E-state index contributed by atoms with van der Waals surface area (Å²) in [5, 5.41) is 8.96. The molecule has 1 aliphatic heterocycles. The summed E-state index contributed by atoms with van der Waals surface area (Å²) in [4.78, 5) is 16.9. The maximum atomic E-state index is 14.2. The van der Waals surface area contributed by atoms with Crippen LogP contribution >= 0.6 is 0 Å². The lowest BCUT2D eigenvalue weighted by atomic mass is 9.74. The number of carboxylic acids is 1. The van der Waals surface area contributed by atoms with Gasteiger partial charge in [-0.2, -0.15) is 0 Å². The first-order chi connectivity index (χ1) is 9.53. The molecule has 1 saturated heterocycles. The Kier molecular flexibility index (Phi) is 4.26. The van der Waals surface area contributed by atoms with Gasteiger partial charge in [-0.05, 0) is 24.3 Å². The quantitative estimate of drug-likeness (QED) is 0.919. The van der Waals surface area contributed by atoms with Gasteiger partial charge in [0.05, 0.1) is 0 Å². The maximum Gasteiger partial charge on any atom is 0.338 e. The summed E-state index contributed by atoms with van der Waals surface area (Å²) in [6.07, 6.45) is 5.62. The monoisotopic (exact) mass is 280 g/mol. The van der Waals surface area contributed by atoms with E-state index in [0.717, 1.165) is 38.8 Å². The highest BCUT2D eigenvalue weighted by Crippen LogP contribution is 2.39. The van der Waals surface area contributed by atoms with Crippen LogP contribution in [0.2, 0.25) is 0 Å². The van der Waals surface area contributed by atoms with Gasteiger partial charge in [0.1, 0.15) is 5.56 Å². The van der Waals surface area contributed by atoms with E-state index in [1.807, 2.05) is 4.90 Å². The van der Waals surface area contributed by atoms with Crippen molar-refractivity contribution in [1.82, 2.24) is 4.98 Å². The third-order valence-corrected chi connectivity index (χ3v) is 4.72. The first kappa shape index (κ1) is 14.8. The molecule has 0 aromatic carbocycles. The predicted molar refractivity (Wildman–Crippen MR) is 75.6 cm³/mol. The Balaban J connectivity index is 2.19. The van der Waals surface area contributed by atoms with Crippen molar-refractivity contribution < 1.29 is 14.3 Å². The van der Waals surface area contributed by atoms with Crippen LogP contribution in [0.15, 0.2) is 12.3 Å². The Morgan fingerprint density at radius 3 is 2.50 bits per heavy atom. The van der Waals surface area contributed by atoms with E-state index in [2.05, 4.69) is 18.8 Å². The number of piperidine rings is 1. The molecular weight excluding hydrogens is 259 g/mol. The van der Waals surface area contributed by atoms with E-state index in [-0.39, 0.29) is 11.4 Å². The Bertz CT molecular complexity index is 491. The summed E-state index contributed by atoms with van der Waals surface area (Å²) in [5.74, 6) is -1.80. The normalized spacial score (nSPS) is 18.1. The highest BCUT2D eigenvalue weighted by atomic mass is 19.1. The molecule has 1 aromatic heterocycles. The lowest BCUT2D eigenvalue weighted by molar-refractivity contribution is 0.0691. The minimum Gasteiger partial charge on any atom is -0.478 e. The molecule has 4 nitrogen and oxygen atoms in total. The van der Waals surface area contributed by atoms with E-state index in [1.54, 1.807) is 0 Å². The molecule has 20 heavy (non-hydrogen) atoms. The molecule has 1 aliphatic rings. The second-order valence-electron chi connectivity index (χ2n) is 5.50. The molecule has 1 N–H and O–H groups in total. The van der Waals surface area contributed by atoms with Crippen LogP contribution < -0.4 is 4.90 Å². The molecule has 2 rings (SSSR count). The molecule has 2 heterocycles. The topological polar surface area (TPSA) is 53.4 Å². The van der Waals surface area contributed by atoms with Crippen LogP contribution in [-0.4, -0.2) is 29.1 Å². The minimum atomic E-state index is -1.25. The number of aromatic carboxylic acids is 1. The Morgan fingerprint density at radius 1 is 1.40 bits per heavy atom. The zero-order valence-corrected chi connectivity index (χ0v) is 12.0. The molecule has 1 aromatic rings. The number of hydrogen-bond donors (Lipinski definition) is 1. The van der Waals surface area contributed by atoms with Crippen LogP contribution in [0.3, 0.4) is 0 Å². The summed E-state index contributed by atoms with van der Waals surface area (Å²) < 4.78 is 14.2. The molecule has 0 aliphatic carbocycles. The largest absolute Gasteiger partial charge is 0.478 e. The molecule has 5 heteroatoms. The van der Waals surface area contributed by atoms with Gasteiger partial charge < -0.3 is 10.0 Å². The number of carbonyl (C=O) groups is 1. The predicted octanol–water partition coefficient (Wildman–Crippen LogP) is 3.33. The fraction of sp³-hybridized carbons (Fsp3) is 0.600. The van der Waals surface area contributed by atoms with Gasteiger partial charge in [-0.15, -0.1) is 0 Å². The molecule has 0 spiro atoms. The molecule has 0 amide bonds. The molecule has 0 atom stereocenters. The number of nitrogens with zero attached hydrogens (tertiary/aromatic N) is 2. The van der Waals surface area contributed by atoms with Gasteiger partial charge in [-0.3, -0.25) is 0 Å². The third kappa shape index (κ3) is 2.62. The van der Waals surface area contributed by atoms with Gasteiger partial charge in [-0.1, -0.05) is 26.7 Å². The van der Waals surface area contributed by atoms with Crippen molar-refractivity contribution in [2.24, 2.45) is 5.41 Å². The van der Waals surface area contributed by atoms with E-state index in [0.29, 0.717) is 5.41 Å². The number of hydrogen-bond acceptors (Lipinski definition) is 3. The number of halogens is 1. The summed E-state index contributed by atoms with van der Waals surface area (Å²) in [7, 11) is 0. The summed E-state index contributed by atoms with van der Waals surface area (Å²) in [6.45, 7) is 5.86. The number of rotatable bonds is 4. The van der Waals surface area contributed by atoms with Crippen molar-refractivity contribution in [3.8, 4) is 0 Å². The SMILES string of the molecule is CCC1(CC)CCN(c2nccc(C(=O)O)c2F)CC1. The fourth-order valence-corrected chi connectivity index (χ4v) is 2.97. The molecular formula is C15H21FN2O2. The van der Waals surface area contributed by atoms with Gasteiger partial charge in [0.2, 0.25) is 0 Å². The summed E-state index contributed by atoms with van der Waals surface area (Å²) in [5.41, 5.74) is 0.0371. The number of aromatic nitrogens is 1. The van der Waals surface area contributed by atoms with Gasteiger partial charge in [0, 0.05) is 19.3 Å². The highest BCUT2D eigenvalue weighted by Gasteiger charge is 2.32. The first-order valence-corrected chi connectivity index (χ1v) is 7.16. The zero-order chi connectivity index (χ0) is 14.8. The van der Waals surface area contributed by atoms with Crippen molar-refractivity contribution in [2.45, 2.75) is 39.5 Å². The Labute approximate surface area is 118 Å². The van der Waals surface area contributed by atoms with E-state index >= 15 is 0 Å². The van der Waals surface area contributed by atoms with E-state index < -0.39 is 11.8 Å². The Morgan fingerprint density at radius 2 is 2.00 bits per heavy atom. The fourth-order valence-electron chi connectivity index (χ4n) is 2.97. The van der Waals surface area contributed by atoms with Gasteiger partial charge >= 0.3 is 5.97 Å². The molecule has 0 unspecified atom stereocenters. The standard InChI is InChI=1S/C15H21FN2O2/c1-3-15(4-2)6-9-18(10-7-15)13-12(16)11(14(19)20)5-8-17-13/h5,8H,3-4,6-7,9-10H2,1-2H3,(H,19,20). The zero-order valence-electron chi connectivity index (χ0n) is 12.0. The molecule has 110 valence electrons. The first-order valence-electron chi connectivity index (χ1n) is 7.16. The number of carboxylic acid groups (broad SMARTS) is 1. The maximum absolute atomic E-state index is 14.2. The van der Waals surface area contributed by atoms with Crippen molar-refractivity contribution in [2.75, 3.05) is 18.0 Å². The summed E-state index contributed by atoms with van der Waals surface area (Å²) in [6, 6.07) is 1.20. The van der Waals surface area contributed by atoms with Crippen molar-refractivity contribution in [3.63, 3.8) is 0 Å². The van der Waals surface area contributed by atoms with Gasteiger partial charge in [0.15, 0.2) is 11.6 Å². The van der Waals surface area contributed by atoms with E-state index in [1.165, 1.54) is 12.3 Å². The van der Waals surface area contributed by atoms with Crippen LogP contribution in [0.5, 0.6) is 0 Å². The Hall–Kier alpha value is -1.65. The number of anilines is 1. The summed E-state index contributed by atoms with van der Waals surface area (Å²) >= 11 is 0. The average molecular weight is 280 g/mol. The second kappa shape index (κ2) is 5.77. The van der Waals surface area contributed by atoms with Crippen LogP contribution in [-0.2, 0) is 0 Å². The molecule has 0 radical (unpaired) electrons. The minimum absolute atomic E-state index is 0.172. The van der Waals surface area contributed by atoms with Crippen LogP contribution in [0.25, 0.3) is 0 Å². The molecule has 1 fully saturated rings. The van der Waals surface area contributed by atoms with Crippen molar-refractivity contribution in [1.29, 1.82) is 0 Å². The molecule has 0 bridgehead atoms. The van der Waals surface area contributed by atoms with Gasteiger partial charge in [0.25, 0.3) is 0 Å². The van der Waals surface area contributed by atoms with Crippen LogP contribution in [0, 0.1) is 11.2 Å². The van der Waals surface area contributed by atoms with Crippen LogP contribution in [0.1, 0.15) is 49.9 Å². The lowest BCUT2D eigenvalue weighted by Crippen LogP contribution is -2.40. The number of pyridine rings is 1. The lowest BCUT2D eigenvalue weighted by Gasteiger charge is -2.41. The highest BCUT2D eigenvalue weighted by molar-refractivity contribution is 5.88. The van der Waals surface area contributed by atoms with E-state index in [4.69, 9.17) is 5.11 Å². The van der Waals surface area contributed by atoms with Crippen molar-refractivity contribution in [3.05, 3.63) is 23.6 Å². The van der Waals surface area contributed by atoms with E-state index in [9.17, 15) is 9.18 Å². The van der Waals surface area contributed by atoms with Crippen LogP contribution in [0.4, 0.5) is 10.2 Å². The molecule has 0 saturated carbocycles. The third-order valence-electron chi connectivity index (χ3n) is 4.72. The average Bonchev–Trinajstić information content (AvgIpc) is 2.47.